The molecule has 0 atom stereocenters. The average Bonchev–Trinajstić information content (AvgIpc) is 3.41. The molecular weight excluding hydrogens is 364 g/mol. The molecule has 4 aromatic rings. The zero-order valence-corrected chi connectivity index (χ0v) is 14.2. The third-order valence-electron chi connectivity index (χ3n) is 4.03. The highest BCUT2D eigenvalue weighted by Crippen LogP contribution is 2.27. The van der Waals surface area contributed by atoms with Crippen LogP contribution in [0.5, 0.6) is 0 Å². The van der Waals surface area contributed by atoms with Crippen LogP contribution in [0.1, 0.15) is 20.7 Å². The lowest BCUT2D eigenvalue weighted by molar-refractivity contribution is 0.0696. The normalized spacial score (nSPS) is 10.7. The van der Waals surface area contributed by atoms with Gasteiger partial charge < -0.3 is 10.2 Å². The van der Waals surface area contributed by atoms with E-state index in [1.165, 1.54) is 46.8 Å². The summed E-state index contributed by atoms with van der Waals surface area (Å²) >= 11 is 0. The highest BCUT2D eigenvalue weighted by atomic mass is 16.4. The Morgan fingerprint density at radius 1 is 0.679 bits per heavy atom. The van der Waals surface area contributed by atoms with Crippen molar-refractivity contribution in [3.05, 3.63) is 72.8 Å². The fourth-order valence-electron chi connectivity index (χ4n) is 2.75. The molecular formula is C18H12N6O4. The van der Waals surface area contributed by atoms with Gasteiger partial charge in [0.15, 0.2) is 0 Å². The van der Waals surface area contributed by atoms with E-state index in [1.807, 2.05) is 0 Å². The SMILES string of the molecule is O=C(O)c1cc(C(=O)O)cc(-c2cc(-n3cncn3)cc(-n3cncn3)c2)c1. The molecule has 0 unspecified atom stereocenters. The minimum Gasteiger partial charge on any atom is -0.478 e. The second kappa shape index (κ2) is 6.76. The molecule has 0 aliphatic rings. The Balaban J connectivity index is 1.94. The molecule has 2 heterocycles. The first-order valence-corrected chi connectivity index (χ1v) is 7.98. The topological polar surface area (TPSA) is 136 Å². The second-order valence-electron chi connectivity index (χ2n) is 5.83. The predicted molar refractivity (Wildman–Crippen MR) is 95.6 cm³/mol. The zero-order valence-electron chi connectivity index (χ0n) is 14.2. The summed E-state index contributed by atoms with van der Waals surface area (Å²) in [6.07, 6.45) is 5.80. The first-order valence-electron chi connectivity index (χ1n) is 7.98. The summed E-state index contributed by atoms with van der Waals surface area (Å²) in [7, 11) is 0. The number of hydrogen-bond donors (Lipinski definition) is 2. The summed E-state index contributed by atoms with van der Waals surface area (Å²) < 4.78 is 3.06. The highest BCUT2D eigenvalue weighted by Gasteiger charge is 2.14. The van der Waals surface area contributed by atoms with E-state index < -0.39 is 11.9 Å². The first-order chi connectivity index (χ1) is 13.5. The maximum atomic E-state index is 11.4. The molecule has 0 aliphatic heterocycles. The summed E-state index contributed by atoms with van der Waals surface area (Å²) in [6, 6.07) is 9.25. The molecule has 0 spiro atoms. The quantitative estimate of drug-likeness (QED) is 0.539. The molecule has 0 aliphatic carbocycles. The van der Waals surface area contributed by atoms with Gasteiger partial charge in [0.2, 0.25) is 0 Å². The second-order valence-corrected chi connectivity index (χ2v) is 5.83. The lowest BCUT2D eigenvalue weighted by Crippen LogP contribution is -2.04. The van der Waals surface area contributed by atoms with E-state index in [9.17, 15) is 19.8 Å². The zero-order chi connectivity index (χ0) is 19.7. The van der Waals surface area contributed by atoms with Gasteiger partial charge in [-0.1, -0.05) is 0 Å². The molecule has 2 N–H and O–H groups in total. The van der Waals surface area contributed by atoms with Crippen molar-refractivity contribution in [3.8, 4) is 22.5 Å². The molecule has 4 rings (SSSR count). The highest BCUT2D eigenvalue weighted by molar-refractivity contribution is 5.96. The Bertz CT molecular complexity index is 1080. The van der Waals surface area contributed by atoms with Crippen molar-refractivity contribution in [1.82, 2.24) is 29.5 Å². The third kappa shape index (κ3) is 3.21. The Labute approximate surface area is 157 Å². The molecule has 0 radical (unpaired) electrons. The van der Waals surface area contributed by atoms with Crippen LogP contribution in [-0.4, -0.2) is 51.7 Å². The third-order valence-corrected chi connectivity index (χ3v) is 4.03. The standard InChI is InChI=1S/C18H12N6O4/c25-17(26)13-1-11(2-14(3-13)18(27)28)12-4-15(23-9-19-7-21-23)6-16(5-12)24-10-20-8-22-24/h1-10H,(H,25,26)(H,27,28). The Morgan fingerprint density at radius 3 is 1.54 bits per heavy atom. The Morgan fingerprint density at radius 2 is 1.14 bits per heavy atom. The molecule has 0 fully saturated rings. The molecule has 0 saturated heterocycles. The molecule has 0 saturated carbocycles. The lowest BCUT2D eigenvalue weighted by atomic mass is 9.98. The van der Waals surface area contributed by atoms with Crippen molar-refractivity contribution in [2.75, 3.05) is 0 Å². The van der Waals surface area contributed by atoms with Gasteiger partial charge in [-0.05, 0) is 47.5 Å². The number of carbonyl (C=O) groups is 2. The summed E-state index contributed by atoms with van der Waals surface area (Å²) in [5.41, 5.74) is 2.05. The van der Waals surface area contributed by atoms with Crippen LogP contribution in [0.25, 0.3) is 22.5 Å². The van der Waals surface area contributed by atoms with E-state index in [0.717, 1.165) is 6.07 Å². The van der Waals surface area contributed by atoms with Gasteiger partial charge in [0.05, 0.1) is 22.5 Å². The van der Waals surface area contributed by atoms with Crippen LogP contribution in [-0.2, 0) is 0 Å². The smallest absolute Gasteiger partial charge is 0.335 e. The van der Waals surface area contributed by atoms with Gasteiger partial charge in [0, 0.05) is 0 Å². The minimum atomic E-state index is -1.21. The van der Waals surface area contributed by atoms with Gasteiger partial charge in [-0.2, -0.15) is 10.2 Å². The van der Waals surface area contributed by atoms with Gasteiger partial charge in [0.1, 0.15) is 25.3 Å². The van der Waals surface area contributed by atoms with Crippen molar-refractivity contribution in [2.24, 2.45) is 0 Å². The Kier molecular flexibility index (Phi) is 4.13. The molecule has 10 heteroatoms. The molecule has 138 valence electrons. The summed E-state index contributed by atoms with van der Waals surface area (Å²) in [5, 5.41) is 26.9. The van der Waals surface area contributed by atoms with Crippen LogP contribution in [0.15, 0.2) is 61.7 Å². The largest absolute Gasteiger partial charge is 0.478 e. The van der Waals surface area contributed by atoms with Crippen LogP contribution in [0.4, 0.5) is 0 Å². The van der Waals surface area contributed by atoms with Gasteiger partial charge in [-0.3, -0.25) is 0 Å². The number of benzene rings is 2. The van der Waals surface area contributed by atoms with E-state index in [4.69, 9.17) is 0 Å². The number of rotatable bonds is 5. The molecule has 2 aromatic heterocycles. The average molecular weight is 376 g/mol. The van der Waals surface area contributed by atoms with E-state index >= 15 is 0 Å². The Hall–Kier alpha value is -4.34. The summed E-state index contributed by atoms with van der Waals surface area (Å²) in [6.45, 7) is 0. The molecule has 0 bridgehead atoms. The lowest BCUT2D eigenvalue weighted by Gasteiger charge is -2.11. The molecule has 0 amide bonds. The fourth-order valence-corrected chi connectivity index (χ4v) is 2.75. The van der Waals surface area contributed by atoms with Gasteiger partial charge in [-0.15, -0.1) is 0 Å². The fraction of sp³-hybridized carbons (Fsp3) is 0. The molecule has 10 nitrogen and oxygen atoms in total. The van der Waals surface area contributed by atoms with Gasteiger partial charge in [-0.25, -0.2) is 28.9 Å². The molecule has 2 aromatic carbocycles. The van der Waals surface area contributed by atoms with Gasteiger partial charge >= 0.3 is 11.9 Å². The van der Waals surface area contributed by atoms with Crippen molar-refractivity contribution in [2.45, 2.75) is 0 Å². The van der Waals surface area contributed by atoms with E-state index in [1.54, 1.807) is 18.2 Å². The number of nitrogens with zero attached hydrogens (tertiary/aromatic N) is 6. The van der Waals surface area contributed by atoms with Crippen LogP contribution in [0.2, 0.25) is 0 Å². The minimum absolute atomic E-state index is 0.122. The first kappa shape index (κ1) is 17.1. The number of carboxylic acid groups (broad SMARTS) is 2. The molecule has 28 heavy (non-hydrogen) atoms. The van der Waals surface area contributed by atoms with E-state index in [0.29, 0.717) is 22.5 Å². The maximum Gasteiger partial charge on any atom is 0.335 e. The van der Waals surface area contributed by atoms with Crippen molar-refractivity contribution >= 4 is 11.9 Å². The van der Waals surface area contributed by atoms with Crippen LogP contribution in [0, 0.1) is 0 Å². The van der Waals surface area contributed by atoms with Crippen LogP contribution in [0.3, 0.4) is 0 Å². The van der Waals surface area contributed by atoms with E-state index in [2.05, 4.69) is 20.2 Å². The summed E-state index contributed by atoms with van der Waals surface area (Å²) in [4.78, 5) is 30.7. The van der Waals surface area contributed by atoms with Crippen molar-refractivity contribution < 1.29 is 19.8 Å². The van der Waals surface area contributed by atoms with E-state index in [-0.39, 0.29) is 11.1 Å². The number of aromatic nitrogens is 6. The van der Waals surface area contributed by atoms with Crippen molar-refractivity contribution in [3.63, 3.8) is 0 Å². The monoisotopic (exact) mass is 376 g/mol. The van der Waals surface area contributed by atoms with Crippen LogP contribution >= 0.6 is 0 Å². The number of hydrogen-bond acceptors (Lipinski definition) is 6. The van der Waals surface area contributed by atoms with Gasteiger partial charge in [0.25, 0.3) is 0 Å². The number of carboxylic acids is 2. The summed E-state index contributed by atoms with van der Waals surface area (Å²) in [5.74, 6) is -2.43. The predicted octanol–water partition coefficient (Wildman–Crippen LogP) is 1.91. The maximum absolute atomic E-state index is 11.4. The van der Waals surface area contributed by atoms with Crippen molar-refractivity contribution in [1.29, 1.82) is 0 Å². The number of aromatic carboxylic acids is 2. The van der Waals surface area contributed by atoms with Crippen LogP contribution < -0.4 is 0 Å².